The van der Waals surface area contributed by atoms with Crippen molar-refractivity contribution in [2.75, 3.05) is 19.0 Å². The largest absolute Gasteiger partial charge is 0.464 e. The molecule has 4 rings (SSSR count). The summed E-state index contributed by atoms with van der Waals surface area (Å²) < 4.78 is 38.0. The quantitative estimate of drug-likeness (QED) is 0.420. The Balaban J connectivity index is 1.48. The zero-order valence-corrected chi connectivity index (χ0v) is 18.6. The molecule has 0 saturated carbocycles. The standard InChI is InChI=1S/C24H24N2O5S/c1-16(14-30-2)26-32(28,29)20-10-8-19(9-11-20)25-23(27)13-18-15-31-22-12-7-17-5-3-4-6-21(17)24(18)22/h3-12,15-16,26H,13-14H2,1-2H3,(H,25,27). The van der Waals surface area contributed by atoms with Gasteiger partial charge in [0.05, 0.1) is 24.2 Å². The van der Waals surface area contributed by atoms with Crippen molar-refractivity contribution < 1.29 is 22.4 Å². The molecular weight excluding hydrogens is 428 g/mol. The maximum absolute atomic E-state index is 12.7. The Labute approximate surface area is 186 Å². The normalized spacial score (nSPS) is 12.8. The first-order valence-corrected chi connectivity index (χ1v) is 11.6. The third-order valence-electron chi connectivity index (χ3n) is 5.11. The number of anilines is 1. The Bertz CT molecular complexity index is 1360. The summed E-state index contributed by atoms with van der Waals surface area (Å²) in [5.74, 6) is -0.219. The van der Waals surface area contributed by atoms with Crippen LogP contribution in [0.4, 0.5) is 5.69 Å². The number of furan rings is 1. The predicted molar refractivity (Wildman–Crippen MR) is 124 cm³/mol. The van der Waals surface area contributed by atoms with Crippen LogP contribution in [-0.2, 0) is 26.0 Å². The van der Waals surface area contributed by atoms with Crippen molar-refractivity contribution >= 4 is 43.4 Å². The number of fused-ring (bicyclic) bond motifs is 3. The zero-order chi connectivity index (χ0) is 22.7. The first-order valence-electron chi connectivity index (χ1n) is 10.2. The molecule has 0 radical (unpaired) electrons. The maximum Gasteiger partial charge on any atom is 0.240 e. The summed E-state index contributed by atoms with van der Waals surface area (Å²) in [5.41, 5.74) is 2.04. The van der Waals surface area contributed by atoms with E-state index in [1.54, 1.807) is 25.3 Å². The molecule has 1 unspecified atom stereocenters. The molecule has 32 heavy (non-hydrogen) atoms. The second kappa shape index (κ2) is 9.12. The summed E-state index contributed by atoms with van der Waals surface area (Å²) >= 11 is 0. The molecule has 166 valence electrons. The lowest BCUT2D eigenvalue weighted by molar-refractivity contribution is -0.115. The Kier molecular flexibility index (Phi) is 6.27. The van der Waals surface area contributed by atoms with Gasteiger partial charge >= 0.3 is 0 Å². The summed E-state index contributed by atoms with van der Waals surface area (Å²) in [6, 6.07) is 17.5. The molecule has 0 spiro atoms. The fourth-order valence-electron chi connectivity index (χ4n) is 3.72. The lowest BCUT2D eigenvalue weighted by Crippen LogP contribution is -2.35. The van der Waals surface area contributed by atoms with Crippen LogP contribution < -0.4 is 10.0 Å². The van der Waals surface area contributed by atoms with E-state index in [9.17, 15) is 13.2 Å². The minimum atomic E-state index is -3.67. The van der Waals surface area contributed by atoms with E-state index in [0.717, 1.165) is 27.3 Å². The Hall–Kier alpha value is -3.20. The van der Waals surface area contributed by atoms with Crippen LogP contribution in [0.2, 0.25) is 0 Å². The summed E-state index contributed by atoms with van der Waals surface area (Å²) in [4.78, 5) is 12.8. The van der Waals surface area contributed by atoms with Crippen molar-refractivity contribution in [1.82, 2.24) is 4.72 Å². The van der Waals surface area contributed by atoms with Gasteiger partial charge in [-0.25, -0.2) is 13.1 Å². The zero-order valence-electron chi connectivity index (χ0n) is 17.8. The van der Waals surface area contributed by atoms with Crippen molar-refractivity contribution in [2.45, 2.75) is 24.3 Å². The van der Waals surface area contributed by atoms with Gasteiger partial charge in [0, 0.05) is 29.8 Å². The third kappa shape index (κ3) is 4.67. The van der Waals surface area contributed by atoms with Gasteiger partial charge in [0.25, 0.3) is 0 Å². The van der Waals surface area contributed by atoms with Gasteiger partial charge in [0.2, 0.25) is 15.9 Å². The number of carbonyl (C=O) groups excluding carboxylic acids is 1. The number of methoxy groups -OCH3 is 1. The number of sulfonamides is 1. The molecule has 0 saturated heterocycles. The minimum Gasteiger partial charge on any atom is -0.464 e. The van der Waals surface area contributed by atoms with Crippen molar-refractivity contribution in [3.05, 3.63) is 72.5 Å². The topological polar surface area (TPSA) is 97.6 Å². The Morgan fingerprint density at radius 3 is 2.56 bits per heavy atom. The monoisotopic (exact) mass is 452 g/mol. The van der Waals surface area contributed by atoms with Crippen LogP contribution in [0, 0.1) is 0 Å². The number of hydrogen-bond donors (Lipinski definition) is 2. The number of benzene rings is 3. The highest BCUT2D eigenvalue weighted by Gasteiger charge is 2.18. The van der Waals surface area contributed by atoms with E-state index in [1.807, 2.05) is 36.4 Å². The summed E-state index contributed by atoms with van der Waals surface area (Å²) in [7, 11) is -2.16. The van der Waals surface area contributed by atoms with Crippen LogP contribution in [0.3, 0.4) is 0 Å². The molecule has 0 aliphatic carbocycles. The van der Waals surface area contributed by atoms with E-state index in [2.05, 4.69) is 10.0 Å². The lowest BCUT2D eigenvalue weighted by atomic mass is 10.0. The van der Waals surface area contributed by atoms with Crippen LogP contribution in [0.5, 0.6) is 0 Å². The van der Waals surface area contributed by atoms with Crippen LogP contribution in [0.1, 0.15) is 12.5 Å². The lowest BCUT2D eigenvalue weighted by Gasteiger charge is -2.13. The number of carbonyl (C=O) groups is 1. The van der Waals surface area contributed by atoms with E-state index in [4.69, 9.17) is 9.15 Å². The fraction of sp³-hybridized carbons (Fsp3) is 0.208. The second-order valence-corrected chi connectivity index (χ2v) is 9.36. The average Bonchev–Trinajstić information content (AvgIpc) is 3.17. The fourth-order valence-corrected chi connectivity index (χ4v) is 4.95. The van der Waals surface area contributed by atoms with Crippen LogP contribution in [-0.4, -0.2) is 34.1 Å². The van der Waals surface area contributed by atoms with Crippen LogP contribution >= 0.6 is 0 Å². The molecule has 3 aromatic carbocycles. The second-order valence-electron chi connectivity index (χ2n) is 7.65. The molecule has 1 heterocycles. The molecule has 1 atom stereocenters. The van der Waals surface area contributed by atoms with Gasteiger partial charge in [-0.05, 0) is 48.0 Å². The molecule has 0 bridgehead atoms. The van der Waals surface area contributed by atoms with Gasteiger partial charge in [0.1, 0.15) is 5.58 Å². The van der Waals surface area contributed by atoms with Gasteiger partial charge in [0.15, 0.2) is 0 Å². The first kappa shape index (κ1) is 22.0. The van der Waals surface area contributed by atoms with Crippen molar-refractivity contribution in [3.8, 4) is 0 Å². The first-order chi connectivity index (χ1) is 15.4. The van der Waals surface area contributed by atoms with Gasteiger partial charge in [-0.2, -0.15) is 0 Å². The van der Waals surface area contributed by atoms with E-state index >= 15 is 0 Å². The SMILES string of the molecule is COCC(C)NS(=O)(=O)c1ccc(NC(=O)Cc2coc3ccc4ccccc4c23)cc1. The van der Waals surface area contributed by atoms with E-state index < -0.39 is 10.0 Å². The number of rotatable bonds is 8. The summed E-state index contributed by atoms with van der Waals surface area (Å²) in [6.45, 7) is 1.99. The summed E-state index contributed by atoms with van der Waals surface area (Å²) in [6.07, 6.45) is 1.75. The molecule has 1 amide bonds. The van der Waals surface area contributed by atoms with Gasteiger partial charge in [-0.1, -0.05) is 30.3 Å². The highest BCUT2D eigenvalue weighted by molar-refractivity contribution is 7.89. The molecule has 1 aromatic heterocycles. The van der Waals surface area contributed by atoms with Crippen LogP contribution in [0.25, 0.3) is 21.7 Å². The molecular formula is C24H24N2O5S. The number of nitrogens with one attached hydrogen (secondary N) is 2. The van der Waals surface area contributed by atoms with Crippen LogP contribution in [0.15, 0.2) is 76.2 Å². The highest BCUT2D eigenvalue weighted by atomic mass is 32.2. The van der Waals surface area contributed by atoms with Gasteiger partial charge < -0.3 is 14.5 Å². The molecule has 4 aromatic rings. The van der Waals surface area contributed by atoms with Gasteiger partial charge in [-0.15, -0.1) is 0 Å². The van der Waals surface area contributed by atoms with E-state index in [-0.39, 0.29) is 29.9 Å². The van der Waals surface area contributed by atoms with E-state index in [0.29, 0.717) is 5.69 Å². The Morgan fingerprint density at radius 2 is 1.81 bits per heavy atom. The molecule has 0 aliphatic heterocycles. The Morgan fingerprint density at radius 1 is 1.06 bits per heavy atom. The van der Waals surface area contributed by atoms with Crippen molar-refractivity contribution in [1.29, 1.82) is 0 Å². The molecule has 2 N–H and O–H groups in total. The number of hydrogen-bond acceptors (Lipinski definition) is 5. The summed E-state index contributed by atoms with van der Waals surface area (Å²) in [5, 5.41) is 5.85. The minimum absolute atomic E-state index is 0.116. The highest BCUT2D eigenvalue weighted by Crippen LogP contribution is 2.30. The van der Waals surface area contributed by atoms with Gasteiger partial charge in [-0.3, -0.25) is 4.79 Å². The third-order valence-corrected chi connectivity index (χ3v) is 6.72. The average molecular weight is 453 g/mol. The smallest absolute Gasteiger partial charge is 0.240 e. The number of amides is 1. The number of ether oxygens (including phenoxy) is 1. The maximum atomic E-state index is 12.7. The van der Waals surface area contributed by atoms with Crippen molar-refractivity contribution in [3.63, 3.8) is 0 Å². The molecule has 8 heteroatoms. The molecule has 0 fully saturated rings. The molecule has 0 aliphatic rings. The van der Waals surface area contributed by atoms with E-state index in [1.165, 1.54) is 19.2 Å². The predicted octanol–water partition coefficient (Wildman–Crippen LogP) is 4.08. The van der Waals surface area contributed by atoms with Crippen molar-refractivity contribution in [2.24, 2.45) is 0 Å². The molecule has 7 nitrogen and oxygen atoms in total.